The van der Waals surface area contributed by atoms with Crippen molar-refractivity contribution in [3.8, 4) is 5.75 Å². The Kier molecular flexibility index (Phi) is 3.74. The first-order valence-electron chi connectivity index (χ1n) is 4.04. The first kappa shape index (κ1) is 12.8. The van der Waals surface area contributed by atoms with Gasteiger partial charge in [0.25, 0.3) is 10.1 Å². The van der Waals surface area contributed by atoms with Gasteiger partial charge >= 0.3 is 0 Å². The molecule has 0 unspecified atom stereocenters. The Morgan fingerprint density at radius 2 is 2.12 bits per heavy atom. The quantitative estimate of drug-likeness (QED) is 0.324. The number of phenols is 1. The zero-order valence-corrected chi connectivity index (χ0v) is 9.53. The van der Waals surface area contributed by atoms with Gasteiger partial charge in [-0.15, -0.1) is 11.6 Å². The topological polar surface area (TPSA) is 113 Å². The van der Waals surface area contributed by atoms with E-state index >= 15 is 0 Å². The van der Waals surface area contributed by atoms with Crippen LogP contribution in [-0.4, -0.2) is 29.8 Å². The van der Waals surface area contributed by atoms with Crippen LogP contribution in [0.15, 0.2) is 28.1 Å². The van der Waals surface area contributed by atoms with Gasteiger partial charge in [-0.1, -0.05) is 0 Å². The van der Waals surface area contributed by atoms with E-state index in [9.17, 15) is 13.5 Å². The fourth-order valence-electron chi connectivity index (χ4n) is 0.943. The van der Waals surface area contributed by atoms with Crippen LogP contribution in [-0.2, 0) is 10.1 Å². The van der Waals surface area contributed by atoms with E-state index in [1.165, 1.54) is 6.07 Å². The van der Waals surface area contributed by atoms with E-state index in [-0.39, 0.29) is 17.4 Å². The number of hydrogen-bond donors (Lipinski definition) is 3. The molecule has 0 atom stereocenters. The Morgan fingerprint density at radius 1 is 1.50 bits per heavy atom. The number of phenolic OH excluding ortho intramolecular Hbond substituents is 1. The molecule has 0 fully saturated rings. The van der Waals surface area contributed by atoms with E-state index in [0.717, 1.165) is 12.1 Å². The maximum Gasteiger partial charge on any atom is 0.294 e. The molecule has 1 rings (SSSR count). The summed E-state index contributed by atoms with van der Waals surface area (Å²) in [7, 11) is -4.34. The number of hydrogen-bond acceptors (Lipinski definition) is 4. The van der Waals surface area contributed by atoms with Gasteiger partial charge in [0.1, 0.15) is 17.3 Å². The molecule has 8 heteroatoms. The van der Waals surface area contributed by atoms with Crippen molar-refractivity contribution in [1.82, 2.24) is 0 Å². The summed E-state index contributed by atoms with van der Waals surface area (Å²) in [4.78, 5) is 3.31. The van der Waals surface area contributed by atoms with Gasteiger partial charge in [-0.05, 0) is 12.1 Å². The molecule has 16 heavy (non-hydrogen) atoms. The fraction of sp³-hybridized carbons (Fsp3) is 0.125. The van der Waals surface area contributed by atoms with Crippen molar-refractivity contribution >= 4 is 33.2 Å². The van der Waals surface area contributed by atoms with Gasteiger partial charge < -0.3 is 10.8 Å². The minimum absolute atomic E-state index is 0.0144. The molecular weight excluding hydrogens is 256 g/mol. The second-order valence-corrected chi connectivity index (χ2v) is 4.55. The molecule has 0 aliphatic rings. The normalized spacial score (nSPS) is 12.8. The van der Waals surface area contributed by atoms with Crippen LogP contribution in [0.1, 0.15) is 0 Å². The highest BCUT2D eigenvalue weighted by molar-refractivity contribution is 7.85. The maximum absolute atomic E-state index is 10.7. The molecule has 0 amide bonds. The van der Waals surface area contributed by atoms with Crippen molar-refractivity contribution < 1.29 is 18.1 Å². The van der Waals surface area contributed by atoms with Crippen molar-refractivity contribution in [1.29, 1.82) is 0 Å². The summed E-state index contributed by atoms with van der Waals surface area (Å²) >= 11 is 5.38. The minimum Gasteiger partial charge on any atom is -0.506 e. The van der Waals surface area contributed by atoms with E-state index in [1.54, 1.807) is 0 Å². The van der Waals surface area contributed by atoms with Crippen LogP contribution in [0.4, 0.5) is 5.69 Å². The molecule has 0 heterocycles. The number of nitrogens with zero attached hydrogens (tertiary/aromatic N) is 1. The average molecular weight is 265 g/mol. The van der Waals surface area contributed by atoms with Gasteiger partial charge in [0, 0.05) is 6.07 Å². The summed E-state index contributed by atoms with van der Waals surface area (Å²) in [6, 6.07) is 3.17. The molecule has 0 saturated carbocycles. The number of aliphatic imine (C=N–C) groups is 1. The van der Waals surface area contributed by atoms with Crippen LogP contribution in [0.3, 0.4) is 0 Å². The Balaban J connectivity index is 3.21. The van der Waals surface area contributed by atoms with E-state index in [2.05, 4.69) is 4.99 Å². The molecule has 0 aromatic heterocycles. The van der Waals surface area contributed by atoms with Gasteiger partial charge in [0.15, 0.2) is 0 Å². The largest absolute Gasteiger partial charge is 0.506 e. The number of benzene rings is 1. The molecule has 0 radical (unpaired) electrons. The monoisotopic (exact) mass is 264 g/mol. The molecule has 1 aromatic carbocycles. The third-order valence-electron chi connectivity index (χ3n) is 1.65. The van der Waals surface area contributed by atoms with Crippen LogP contribution in [0.25, 0.3) is 0 Å². The standard InChI is InChI=1S/C8H9ClN2O4S/c9-4-8(10)11-6-2-1-5(3-7(6)12)16(13,14)15/h1-3,12H,4H2,(H2,10,11)(H,13,14,15). The Hall–Kier alpha value is -1.31. The lowest BCUT2D eigenvalue weighted by Crippen LogP contribution is -2.12. The predicted octanol–water partition coefficient (Wildman–Crippen LogP) is 0.866. The molecule has 0 bridgehead atoms. The van der Waals surface area contributed by atoms with Crippen molar-refractivity contribution in [3.05, 3.63) is 18.2 Å². The molecule has 6 nitrogen and oxygen atoms in total. The van der Waals surface area contributed by atoms with Crippen LogP contribution >= 0.6 is 11.6 Å². The Morgan fingerprint density at radius 3 is 2.56 bits per heavy atom. The fourth-order valence-corrected chi connectivity index (χ4v) is 1.50. The third-order valence-corrected chi connectivity index (χ3v) is 2.77. The summed E-state index contributed by atoms with van der Waals surface area (Å²) in [6.07, 6.45) is 0. The molecule has 0 saturated heterocycles. The van der Waals surface area contributed by atoms with Crippen LogP contribution < -0.4 is 5.73 Å². The number of rotatable bonds is 3. The lowest BCUT2D eigenvalue weighted by atomic mass is 10.3. The molecule has 88 valence electrons. The average Bonchev–Trinajstić information content (AvgIpc) is 2.19. The second-order valence-electron chi connectivity index (χ2n) is 2.86. The van der Waals surface area contributed by atoms with E-state index < -0.39 is 20.8 Å². The second kappa shape index (κ2) is 4.69. The Labute approximate surface area is 97.1 Å². The van der Waals surface area contributed by atoms with E-state index in [0.29, 0.717) is 0 Å². The summed E-state index contributed by atoms with van der Waals surface area (Å²) < 4.78 is 30.2. The zero-order chi connectivity index (χ0) is 12.3. The number of halogens is 1. The Bertz CT molecular complexity index is 527. The molecular formula is C8H9ClN2O4S. The molecule has 4 N–H and O–H groups in total. The van der Waals surface area contributed by atoms with E-state index in [1.807, 2.05) is 0 Å². The van der Waals surface area contributed by atoms with Crippen molar-refractivity contribution in [2.24, 2.45) is 10.7 Å². The van der Waals surface area contributed by atoms with Crippen molar-refractivity contribution in [3.63, 3.8) is 0 Å². The molecule has 0 aliphatic heterocycles. The van der Waals surface area contributed by atoms with Crippen LogP contribution in [0, 0.1) is 0 Å². The van der Waals surface area contributed by atoms with Gasteiger partial charge in [-0.25, -0.2) is 4.99 Å². The summed E-state index contributed by atoms with van der Waals surface area (Å²) in [6.45, 7) is 0. The zero-order valence-electron chi connectivity index (χ0n) is 7.96. The predicted molar refractivity (Wildman–Crippen MR) is 59.9 cm³/mol. The number of aromatic hydroxyl groups is 1. The maximum atomic E-state index is 10.7. The van der Waals surface area contributed by atoms with Crippen LogP contribution in [0.5, 0.6) is 5.75 Å². The number of alkyl halides is 1. The highest BCUT2D eigenvalue weighted by Crippen LogP contribution is 2.28. The first-order chi connectivity index (χ1) is 7.34. The third kappa shape index (κ3) is 3.09. The van der Waals surface area contributed by atoms with Gasteiger partial charge in [0.05, 0.1) is 10.8 Å². The van der Waals surface area contributed by atoms with Gasteiger partial charge in [-0.2, -0.15) is 8.42 Å². The highest BCUT2D eigenvalue weighted by Gasteiger charge is 2.12. The summed E-state index contributed by atoms with van der Waals surface area (Å²) in [5.74, 6) is -0.348. The van der Waals surface area contributed by atoms with E-state index in [4.69, 9.17) is 21.9 Å². The lowest BCUT2D eigenvalue weighted by Gasteiger charge is -2.02. The summed E-state index contributed by atoms with van der Waals surface area (Å²) in [5.41, 5.74) is 5.41. The minimum atomic E-state index is -4.34. The number of amidine groups is 1. The van der Waals surface area contributed by atoms with Crippen LogP contribution in [0.2, 0.25) is 0 Å². The lowest BCUT2D eigenvalue weighted by molar-refractivity contribution is 0.467. The molecule has 0 spiro atoms. The van der Waals surface area contributed by atoms with Crippen molar-refractivity contribution in [2.45, 2.75) is 4.90 Å². The first-order valence-corrected chi connectivity index (χ1v) is 6.01. The highest BCUT2D eigenvalue weighted by atomic mass is 35.5. The van der Waals surface area contributed by atoms with Gasteiger partial charge in [0.2, 0.25) is 0 Å². The SMILES string of the molecule is NC(CCl)=Nc1ccc(S(=O)(=O)O)cc1O. The molecule has 1 aromatic rings. The summed E-state index contributed by atoms with van der Waals surface area (Å²) in [5, 5.41) is 9.42. The van der Waals surface area contributed by atoms with Crippen molar-refractivity contribution in [2.75, 3.05) is 5.88 Å². The number of nitrogens with two attached hydrogens (primary N) is 1. The van der Waals surface area contributed by atoms with Gasteiger partial charge in [-0.3, -0.25) is 4.55 Å². The molecule has 0 aliphatic carbocycles. The smallest absolute Gasteiger partial charge is 0.294 e.